The topological polar surface area (TPSA) is 75.3 Å². The molecule has 0 aliphatic heterocycles. The van der Waals surface area contributed by atoms with Crippen LogP contribution in [0.4, 0.5) is 5.69 Å². The van der Waals surface area contributed by atoms with Crippen LogP contribution in [0.1, 0.15) is 32.8 Å². The molecule has 0 aliphatic carbocycles. The number of carbonyl (C=O) groups is 1. The van der Waals surface area contributed by atoms with Crippen LogP contribution >= 0.6 is 0 Å². The third-order valence-corrected chi connectivity index (χ3v) is 5.95. The van der Waals surface area contributed by atoms with Crippen LogP contribution in [0.15, 0.2) is 59.5 Å². The number of hydrogen-bond acceptors (Lipinski definition) is 3. The molecular formula is C20H26N2O3S. The highest BCUT2D eigenvalue weighted by atomic mass is 32.2. The summed E-state index contributed by atoms with van der Waals surface area (Å²) in [4.78, 5) is 12.4. The van der Waals surface area contributed by atoms with E-state index in [0.29, 0.717) is 18.7 Å². The van der Waals surface area contributed by atoms with Crippen molar-refractivity contribution in [3.8, 4) is 0 Å². The Morgan fingerprint density at radius 3 is 2.19 bits per heavy atom. The predicted molar refractivity (Wildman–Crippen MR) is 104 cm³/mol. The van der Waals surface area contributed by atoms with Gasteiger partial charge < -0.3 is 5.32 Å². The van der Waals surface area contributed by atoms with Crippen LogP contribution in [0.2, 0.25) is 0 Å². The first-order valence-electron chi connectivity index (χ1n) is 8.70. The highest BCUT2D eigenvalue weighted by Crippen LogP contribution is 2.23. The Morgan fingerprint density at radius 2 is 1.62 bits per heavy atom. The lowest BCUT2D eigenvalue weighted by molar-refractivity contribution is -0.124. The van der Waals surface area contributed by atoms with Gasteiger partial charge in [-0.15, -0.1) is 0 Å². The van der Waals surface area contributed by atoms with E-state index in [9.17, 15) is 13.2 Å². The van der Waals surface area contributed by atoms with Crippen LogP contribution in [-0.4, -0.2) is 20.9 Å². The van der Waals surface area contributed by atoms with E-state index in [0.717, 1.165) is 12.0 Å². The molecular weight excluding hydrogens is 348 g/mol. The van der Waals surface area contributed by atoms with Gasteiger partial charge in [0.2, 0.25) is 15.9 Å². The van der Waals surface area contributed by atoms with Gasteiger partial charge in [-0.3, -0.25) is 4.79 Å². The molecule has 0 saturated carbocycles. The van der Waals surface area contributed by atoms with Crippen molar-refractivity contribution in [3.05, 3.63) is 60.2 Å². The summed E-state index contributed by atoms with van der Waals surface area (Å²) in [6.07, 6.45) is 1.34. The Labute approximate surface area is 155 Å². The van der Waals surface area contributed by atoms with Crippen molar-refractivity contribution < 1.29 is 13.2 Å². The highest BCUT2D eigenvalue weighted by Gasteiger charge is 2.25. The van der Waals surface area contributed by atoms with Crippen molar-refractivity contribution >= 4 is 21.6 Å². The molecule has 0 heterocycles. The van der Waals surface area contributed by atoms with Gasteiger partial charge in [0, 0.05) is 17.6 Å². The Morgan fingerprint density at radius 1 is 1.00 bits per heavy atom. The fourth-order valence-electron chi connectivity index (χ4n) is 2.24. The average molecular weight is 375 g/mol. The predicted octanol–water partition coefficient (Wildman–Crippen LogP) is 3.58. The number of rotatable bonds is 8. The van der Waals surface area contributed by atoms with Gasteiger partial charge >= 0.3 is 0 Å². The van der Waals surface area contributed by atoms with Gasteiger partial charge in [-0.05, 0) is 42.7 Å². The SMILES string of the molecule is CCC(C)(C)C(=O)Nc1ccc(S(=O)(=O)NCCc2ccccc2)cc1. The molecule has 5 nitrogen and oxygen atoms in total. The summed E-state index contributed by atoms with van der Waals surface area (Å²) in [6, 6.07) is 15.9. The van der Waals surface area contributed by atoms with E-state index in [1.807, 2.05) is 51.1 Å². The lowest BCUT2D eigenvalue weighted by Crippen LogP contribution is -2.30. The molecule has 2 rings (SSSR count). The van der Waals surface area contributed by atoms with Crippen molar-refractivity contribution in [2.24, 2.45) is 5.41 Å². The molecule has 0 saturated heterocycles. The van der Waals surface area contributed by atoms with Crippen molar-refractivity contribution in [1.29, 1.82) is 0 Å². The van der Waals surface area contributed by atoms with Gasteiger partial charge in [0.1, 0.15) is 0 Å². The van der Waals surface area contributed by atoms with E-state index >= 15 is 0 Å². The highest BCUT2D eigenvalue weighted by molar-refractivity contribution is 7.89. The third-order valence-electron chi connectivity index (χ3n) is 4.47. The van der Waals surface area contributed by atoms with Gasteiger partial charge in [-0.2, -0.15) is 0 Å². The summed E-state index contributed by atoms with van der Waals surface area (Å²) in [5, 5.41) is 2.82. The molecule has 2 aromatic carbocycles. The van der Waals surface area contributed by atoms with E-state index in [1.165, 1.54) is 12.1 Å². The van der Waals surface area contributed by atoms with Crippen LogP contribution in [0.25, 0.3) is 0 Å². The van der Waals surface area contributed by atoms with E-state index < -0.39 is 15.4 Å². The van der Waals surface area contributed by atoms with Gasteiger partial charge in [-0.1, -0.05) is 51.1 Å². The summed E-state index contributed by atoms with van der Waals surface area (Å²) in [6.45, 7) is 6.03. The second-order valence-corrected chi connectivity index (χ2v) is 8.62. The molecule has 6 heteroatoms. The zero-order valence-corrected chi connectivity index (χ0v) is 16.3. The minimum absolute atomic E-state index is 0.0865. The maximum absolute atomic E-state index is 12.4. The molecule has 0 unspecified atom stereocenters. The van der Waals surface area contributed by atoms with Gasteiger partial charge in [0.15, 0.2) is 0 Å². The zero-order valence-electron chi connectivity index (χ0n) is 15.5. The number of carbonyl (C=O) groups excluding carboxylic acids is 1. The molecule has 0 bridgehead atoms. The summed E-state index contributed by atoms with van der Waals surface area (Å²) >= 11 is 0. The molecule has 2 N–H and O–H groups in total. The van der Waals surface area contributed by atoms with Crippen molar-refractivity contribution in [2.75, 3.05) is 11.9 Å². The minimum Gasteiger partial charge on any atom is -0.326 e. The van der Waals surface area contributed by atoms with Crippen LogP contribution < -0.4 is 10.0 Å². The second-order valence-electron chi connectivity index (χ2n) is 6.85. The van der Waals surface area contributed by atoms with Crippen LogP contribution in [0.3, 0.4) is 0 Å². The van der Waals surface area contributed by atoms with E-state index in [4.69, 9.17) is 0 Å². The number of amides is 1. The van der Waals surface area contributed by atoms with E-state index in [-0.39, 0.29) is 10.8 Å². The lowest BCUT2D eigenvalue weighted by Gasteiger charge is -2.21. The van der Waals surface area contributed by atoms with Crippen LogP contribution in [0.5, 0.6) is 0 Å². The van der Waals surface area contributed by atoms with Gasteiger partial charge in [0.25, 0.3) is 0 Å². The average Bonchev–Trinajstić information content (AvgIpc) is 2.63. The molecule has 140 valence electrons. The third kappa shape index (κ3) is 5.41. The fourth-order valence-corrected chi connectivity index (χ4v) is 3.27. The lowest BCUT2D eigenvalue weighted by atomic mass is 9.89. The second kappa shape index (κ2) is 8.47. The molecule has 0 radical (unpaired) electrons. The normalized spacial score (nSPS) is 12.0. The monoisotopic (exact) mass is 374 g/mol. The maximum atomic E-state index is 12.4. The number of benzene rings is 2. The summed E-state index contributed by atoms with van der Waals surface area (Å²) < 4.78 is 27.3. The van der Waals surface area contributed by atoms with Crippen molar-refractivity contribution in [3.63, 3.8) is 0 Å². The number of hydrogen-bond donors (Lipinski definition) is 2. The summed E-state index contributed by atoms with van der Waals surface area (Å²) in [5.41, 5.74) is 1.19. The Hall–Kier alpha value is -2.18. The van der Waals surface area contributed by atoms with E-state index in [1.54, 1.807) is 12.1 Å². The number of anilines is 1. The van der Waals surface area contributed by atoms with Gasteiger partial charge in [0.05, 0.1) is 4.90 Å². The fraction of sp³-hybridized carbons (Fsp3) is 0.350. The molecule has 0 atom stereocenters. The molecule has 0 fully saturated rings. The minimum atomic E-state index is -3.57. The molecule has 0 aliphatic rings. The van der Waals surface area contributed by atoms with Crippen molar-refractivity contribution in [1.82, 2.24) is 4.72 Å². The molecule has 0 spiro atoms. The molecule has 1 amide bonds. The maximum Gasteiger partial charge on any atom is 0.240 e. The van der Waals surface area contributed by atoms with Gasteiger partial charge in [-0.25, -0.2) is 13.1 Å². The van der Waals surface area contributed by atoms with Crippen molar-refractivity contribution in [2.45, 2.75) is 38.5 Å². The first-order valence-corrected chi connectivity index (χ1v) is 10.2. The first kappa shape index (κ1) is 20.1. The number of sulfonamides is 1. The molecule has 0 aromatic heterocycles. The Kier molecular flexibility index (Phi) is 6.56. The summed E-state index contributed by atoms with van der Waals surface area (Å²) in [7, 11) is -3.57. The largest absolute Gasteiger partial charge is 0.326 e. The standard InChI is InChI=1S/C20H26N2O3S/c1-4-20(2,3)19(23)22-17-10-12-18(13-11-17)26(24,25)21-15-14-16-8-6-5-7-9-16/h5-13,21H,4,14-15H2,1-3H3,(H,22,23). The Balaban J connectivity index is 1.96. The zero-order chi connectivity index (χ0) is 19.2. The number of nitrogens with one attached hydrogen (secondary N) is 2. The Bertz CT molecular complexity index is 829. The summed E-state index contributed by atoms with van der Waals surface area (Å²) in [5.74, 6) is -0.0865. The van der Waals surface area contributed by atoms with E-state index in [2.05, 4.69) is 10.0 Å². The van der Waals surface area contributed by atoms with Crippen LogP contribution in [-0.2, 0) is 21.2 Å². The quantitative estimate of drug-likeness (QED) is 0.741. The molecule has 2 aromatic rings. The first-order chi connectivity index (χ1) is 12.2. The molecule has 26 heavy (non-hydrogen) atoms. The smallest absolute Gasteiger partial charge is 0.240 e. The van der Waals surface area contributed by atoms with Crippen LogP contribution in [0, 0.1) is 5.41 Å².